The summed E-state index contributed by atoms with van der Waals surface area (Å²) in [5.74, 6) is -1.02. The molecular formula is C53H88O6. The average molecular weight is 821 g/mol. The minimum Gasteiger partial charge on any atom is -0.462 e. The van der Waals surface area contributed by atoms with Crippen LogP contribution in [0.1, 0.15) is 213 Å². The summed E-state index contributed by atoms with van der Waals surface area (Å²) < 4.78 is 16.6. The molecular weight excluding hydrogens is 733 g/mol. The maximum atomic E-state index is 12.7. The van der Waals surface area contributed by atoms with Gasteiger partial charge in [-0.25, -0.2) is 0 Å². The smallest absolute Gasteiger partial charge is 0.306 e. The van der Waals surface area contributed by atoms with Gasteiger partial charge in [-0.05, 0) is 57.8 Å². The summed E-state index contributed by atoms with van der Waals surface area (Å²) in [4.78, 5) is 37.8. The van der Waals surface area contributed by atoms with Crippen LogP contribution in [0.3, 0.4) is 0 Å². The molecule has 6 heteroatoms. The Kier molecular flexibility index (Phi) is 44.5. The van der Waals surface area contributed by atoms with Crippen LogP contribution in [0, 0.1) is 0 Å². The van der Waals surface area contributed by atoms with Crippen molar-refractivity contribution in [1.82, 2.24) is 0 Å². The predicted molar refractivity (Wildman–Crippen MR) is 251 cm³/mol. The second-order valence-corrected chi connectivity index (χ2v) is 15.8. The van der Waals surface area contributed by atoms with Crippen LogP contribution in [0.15, 0.2) is 85.1 Å². The van der Waals surface area contributed by atoms with Crippen molar-refractivity contribution >= 4 is 17.9 Å². The highest BCUT2D eigenvalue weighted by Gasteiger charge is 2.19. The first kappa shape index (κ1) is 55.6. The lowest BCUT2D eigenvalue weighted by atomic mass is 10.0. The molecule has 0 saturated heterocycles. The molecule has 1 atom stereocenters. The molecule has 0 rings (SSSR count). The molecule has 0 aliphatic heterocycles. The van der Waals surface area contributed by atoms with Gasteiger partial charge in [0.2, 0.25) is 0 Å². The van der Waals surface area contributed by atoms with Crippen molar-refractivity contribution in [3.63, 3.8) is 0 Å². The van der Waals surface area contributed by atoms with Gasteiger partial charge in [-0.15, -0.1) is 0 Å². The molecule has 0 bridgehead atoms. The molecule has 59 heavy (non-hydrogen) atoms. The highest BCUT2D eigenvalue weighted by molar-refractivity contribution is 5.71. The highest BCUT2D eigenvalue weighted by Crippen LogP contribution is 2.14. The first-order chi connectivity index (χ1) is 29.0. The maximum absolute atomic E-state index is 12.7. The van der Waals surface area contributed by atoms with Gasteiger partial charge in [-0.3, -0.25) is 14.4 Å². The van der Waals surface area contributed by atoms with E-state index in [0.29, 0.717) is 19.3 Å². The highest BCUT2D eigenvalue weighted by atomic mass is 16.6. The standard InChI is InChI=1S/C53H88O6/c1-4-7-10-13-16-19-22-25-26-27-29-31-34-37-40-43-46-52(55)58-49-50(48-57-51(54)45-42-39-36-33-30-24-21-18-15-12-9-6-3)59-53(56)47-44-41-38-35-32-28-23-20-17-14-11-8-5-2/h8,11,14,17,20,23,26-29,31-32,35,38,50H,4-7,9-10,12-13,15-16,18-19,21-22,24-25,30,33-34,36-37,39-49H2,1-3H3/b11-8-,17-14-,23-20-,27-26-,31-29-,32-28-,38-35-. The summed E-state index contributed by atoms with van der Waals surface area (Å²) in [6.07, 6.45) is 60.0. The average Bonchev–Trinajstić information content (AvgIpc) is 3.23. The zero-order valence-corrected chi connectivity index (χ0v) is 38.2. The van der Waals surface area contributed by atoms with Crippen molar-refractivity contribution in [2.75, 3.05) is 13.2 Å². The number of esters is 3. The first-order valence-electron chi connectivity index (χ1n) is 24.2. The Morgan fingerprint density at radius 3 is 1.12 bits per heavy atom. The third kappa shape index (κ3) is 45.5. The van der Waals surface area contributed by atoms with Crippen molar-refractivity contribution in [1.29, 1.82) is 0 Å². The van der Waals surface area contributed by atoms with E-state index < -0.39 is 6.10 Å². The number of rotatable bonds is 42. The van der Waals surface area contributed by atoms with E-state index >= 15 is 0 Å². The third-order valence-electron chi connectivity index (χ3n) is 10.0. The lowest BCUT2D eigenvalue weighted by Gasteiger charge is -2.18. The Morgan fingerprint density at radius 2 is 0.678 bits per heavy atom. The molecule has 0 radical (unpaired) electrons. The number of carbonyl (C=O) groups is 3. The van der Waals surface area contributed by atoms with Crippen LogP contribution in [0.2, 0.25) is 0 Å². The minimum absolute atomic E-state index is 0.113. The van der Waals surface area contributed by atoms with Crippen LogP contribution in [-0.2, 0) is 28.6 Å². The van der Waals surface area contributed by atoms with Crippen molar-refractivity contribution in [2.45, 2.75) is 219 Å². The van der Waals surface area contributed by atoms with E-state index in [1.165, 1.54) is 103 Å². The van der Waals surface area contributed by atoms with Crippen LogP contribution in [0.4, 0.5) is 0 Å². The Labute approximate surface area is 363 Å². The van der Waals surface area contributed by atoms with Gasteiger partial charge < -0.3 is 14.2 Å². The molecule has 0 heterocycles. The second kappa shape index (κ2) is 47.3. The summed E-state index contributed by atoms with van der Waals surface area (Å²) in [6.45, 7) is 6.39. The van der Waals surface area contributed by atoms with Crippen molar-refractivity contribution in [3.05, 3.63) is 85.1 Å². The zero-order valence-electron chi connectivity index (χ0n) is 38.2. The van der Waals surface area contributed by atoms with Gasteiger partial charge in [0.15, 0.2) is 6.10 Å². The number of hydrogen-bond donors (Lipinski definition) is 0. The fraction of sp³-hybridized carbons (Fsp3) is 0.679. The van der Waals surface area contributed by atoms with Crippen molar-refractivity contribution in [3.8, 4) is 0 Å². The van der Waals surface area contributed by atoms with Gasteiger partial charge in [0.25, 0.3) is 0 Å². The lowest BCUT2D eigenvalue weighted by molar-refractivity contribution is -0.167. The fourth-order valence-corrected chi connectivity index (χ4v) is 6.40. The van der Waals surface area contributed by atoms with Crippen LogP contribution < -0.4 is 0 Å². The summed E-state index contributed by atoms with van der Waals surface area (Å²) in [6, 6.07) is 0. The summed E-state index contributed by atoms with van der Waals surface area (Å²) in [5, 5.41) is 0. The molecule has 336 valence electrons. The fourth-order valence-electron chi connectivity index (χ4n) is 6.40. The van der Waals surface area contributed by atoms with Crippen LogP contribution in [-0.4, -0.2) is 37.2 Å². The van der Waals surface area contributed by atoms with Crippen LogP contribution in [0.5, 0.6) is 0 Å². The lowest BCUT2D eigenvalue weighted by Crippen LogP contribution is -2.30. The number of unbranched alkanes of at least 4 members (excludes halogenated alkanes) is 22. The minimum atomic E-state index is -0.821. The molecule has 0 aliphatic carbocycles. The molecule has 6 nitrogen and oxygen atoms in total. The number of hydrogen-bond acceptors (Lipinski definition) is 6. The Balaban J connectivity index is 4.53. The van der Waals surface area contributed by atoms with Gasteiger partial charge >= 0.3 is 17.9 Å². The van der Waals surface area contributed by atoms with Gasteiger partial charge in [-0.2, -0.15) is 0 Å². The van der Waals surface area contributed by atoms with Gasteiger partial charge in [0.1, 0.15) is 13.2 Å². The molecule has 1 unspecified atom stereocenters. The van der Waals surface area contributed by atoms with E-state index in [4.69, 9.17) is 14.2 Å². The van der Waals surface area contributed by atoms with E-state index in [1.807, 2.05) is 54.7 Å². The van der Waals surface area contributed by atoms with Gasteiger partial charge in [-0.1, -0.05) is 221 Å². The summed E-state index contributed by atoms with van der Waals surface area (Å²) in [5.41, 5.74) is 0. The van der Waals surface area contributed by atoms with E-state index in [-0.39, 0.29) is 37.5 Å². The predicted octanol–water partition coefficient (Wildman–Crippen LogP) is 15.6. The van der Waals surface area contributed by atoms with Crippen molar-refractivity contribution in [2.24, 2.45) is 0 Å². The molecule has 0 aromatic carbocycles. The number of ether oxygens (including phenoxy) is 3. The maximum Gasteiger partial charge on any atom is 0.306 e. The Hall–Kier alpha value is -3.41. The second-order valence-electron chi connectivity index (χ2n) is 15.8. The molecule has 0 amide bonds. The first-order valence-corrected chi connectivity index (χ1v) is 24.2. The van der Waals surface area contributed by atoms with E-state index in [1.54, 1.807) is 0 Å². The molecule has 0 fully saturated rings. The molecule has 0 aliphatic rings. The van der Waals surface area contributed by atoms with Crippen molar-refractivity contribution < 1.29 is 28.6 Å². The summed E-state index contributed by atoms with van der Waals surface area (Å²) >= 11 is 0. The molecule has 0 aromatic heterocycles. The van der Waals surface area contributed by atoms with Gasteiger partial charge in [0, 0.05) is 19.3 Å². The normalized spacial score (nSPS) is 12.8. The van der Waals surface area contributed by atoms with E-state index in [9.17, 15) is 14.4 Å². The monoisotopic (exact) mass is 821 g/mol. The van der Waals surface area contributed by atoms with E-state index in [2.05, 4.69) is 51.2 Å². The quantitative estimate of drug-likeness (QED) is 0.0264. The molecule has 0 spiro atoms. The largest absolute Gasteiger partial charge is 0.462 e. The molecule has 0 saturated carbocycles. The van der Waals surface area contributed by atoms with Gasteiger partial charge in [0.05, 0.1) is 0 Å². The van der Waals surface area contributed by atoms with Crippen LogP contribution >= 0.6 is 0 Å². The van der Waals surface area contributed by atoms with E-state index in [0.717, 1.165) is 64.2 Å². The Bertz CT molecular complexity index is 1170. The SMILES string of the molecule is CC\C=C/C=C\C=C/C=C\C=C/CCCC(=O)OC(COC(=O)CCCCC/C=C\C=C/CCCCCCCCC)COC(=O)CCCCCCCCCCCCCC. The molecule has 0 aromatic rings. The third-order valence-corrected chi connectivity index (χ3v) is 10.0. The van der Waals surface area contributed by atoms with Crippen LogP contribution in [0.25, 0.3) is 0 Å². The summed E-state index contributed by atoms with van der Waals surface area (Å²) in [7, 11) is 0. The Morgan fingerprint density at radius 1 is 0.356 bits per heavy atom. The number of allylic oxidation sites excluding steroid dienone is 14. The zero-order chi connectivity index (χ0) is 43.0. The topological polar surface area (TPSA) is 78.9 Å². The molecule has 0 N–H and O–H groups in total. The number of carbonyl (C=O) groups excluding carboxylic acids is 3.